The zero-order valence-corrected chi connectivity index (χ0v) is 9.01. The molecule has 0 aromatic heterocycles. The second-order valence-corrected chi connectivity index (χ2v) is 3.62. The Labute approximate surface area is 95.5 Å². The maximum absolute atomic E-state index is 9.97. The third-order valence-corrected chi connectivity index (χ3v) is 2.46. The van der Waals surface area contributed by atoms with Crippen molar-refractivity contribution < 1.29 is 10.6 Å². The molecule has 2 nitrogen and oxygen atoms in total. The summed E-state index contributed by atoms with van der Waals surface area (Å²) >= 11 is 0. The second-order valence-electron chi connectivity index (χ2n) is 3.62. The summed E-state index contributed by atoms with van der Waals surface area (Å²) in [5, 5.41) is 9.97. The first-order valence-electron chi connectivity index (χ1n) is 5.13. The third-order valence-electron chi connectivity index (χ3n) is 2.46. The highest BCUT2D eigenvalue weighted by atomic mass is 16.3. The van der Waals surface area contributed by atoms with Crippen LogP contribution in [0.2, 0.25) is 0 Å². The fourth-order valence-corrected chi connectivity index (χ4v) is 1.63. The van der Waals surface area contributed by atoms with Gasteiger partial charge in [-0.25, -0.2) is 0 Å². The Morgan fingerprint density at radius 3 is 1.88 bits per heavy atom. The van der Waals surface area contributed by atoms with Crippen LogP contribution in [0.5, 0.6) is 0 Å². The van der Waals surface area contributed by atoms with E-state index in [0.717, 1.165) is 11.1 Å². The maximum Gasteiger partial charge on any atom is 0.0830 e. The molecule has 3 N–H and O–H groups in total. The first kappa shape index (κ1) is 12.4. The molecule has 2 aromatic rings. The van der Waals surface area contributed by atoms with Crippen LogP contribution in [0.4, 0.5) is 0 Å². The van der Waals surface area contributed by atoms with E-state index >= 15 is 0 Å². The molecule has 0 bridgehead atoms. The van der Waals surface area contributed by atoms with Crippen LogP contribution >= 0.6 is 0 Å². The van der Waals surface area contributed by atoms with E-state index in [4.69, 9.17) is 0 Å². The van der Waals surface area contributed by atoms with E-state index in [1.165, 1.54) is 0 Å². The molecule has 1 atom stereocenters. The summed E-state index contributed by atoms with van der Waals surface area (Å²) in [7, 11) is 0. The van der Waals surface area contributed by atoms with Gasteiger partial charge in [0.1, 0.15) is 0 Å². The van der Waals surface area contributed by atoms with E-state index in [-0.39, 0.29) is 5.48 Å². The average Bonchev–Trinajstić information content (AvgIpc) is 2.31. The van der Waals surface area contributed by atoms with Crippen molar-refractivity contribution in [2.75, 3.05) is 0 Å². The minimum absolute atomic E-state index is 0. The van der Waals surface area contributed by atoms with Gasteiger partial charge in [0.05, 0.1) is 6.10 Å². The van der Waals surface area contributed by atoms with Crippen LogP contribution in [-0.4, -0.2) is 10.6 Å². The van der Waals surface area contributed by atoms with Gasteiger partial charge < -0.3 is 10.6 Å². The molecule has 16 heavy (non-hydrogen) atoms. The highest BCUT2D eigenvalue weighted by molar-refractivity contribution is 5.22. The van der Waals surface area contributed by atoms with Gasteiger partial charge in [-0.2, -0.15) is 0 Å². The molecule has 2 aromatic carbocycles. The van der Waals surface area contributed by atoms with Gasteiger partial charge in [-0.15, -0.1) is 0 Å². The van der Waals surface area contributed by atoms with Gasteiger partial charge >= 0.3 is 0 Å². The van der Waals surface area contributed by atoms with E-state index < -0.39 is 6.10 Å². The van der Waals surface area contributed by atoms with Gasteiger partial charge in [0.25, 0.3) is 0 Å². The molecule has 0 saturated carbocycles. The lowest BCUT2D eigenvalue weighted by Gasteiger charge is -2.10. The maximum atomic E-state index is 9.97. The summed E-state index contributed by atoms with van der Waals surface area (Å²) in [6.07, 6.45) is 0.263. The molecule has 2 rings (SSSR count). The molecule has 0 aliphatic rings. The number of aliphatic hydroxyl groups is 1. The molecular weight excluding hydrogens is 200 g/mol. The summed E-state index contributed by atoms with van der Waals surface area (Å²) < 4.78 is 0. The van der Waals surface area contributed by atoms with Crippen LogP contribution in [0.15, 0.2) is 60.7 Å². The van der Waals surface area contributed by atoms with Gasteiger partial charge in [0.15, 0.2) is 0 Å². The molecule has 84 valence electrons. The summed E-state index contributed by atoms with van der Waals surface area (Å²) in [5.74, 6) is 0. The van der Waals surface area contributed by atoms with Crippen molar-refractivity contribution in [3.8, 4) is 0 Å². The Hall–Kier alpha value is -1.64. The standard InChI is InChI=1S/C14H14O.H2O/c15-14(13-9-5-2-6-10-13)11-12-7-3-1-4-8-12;/h1-10,14-15H,11H2;1H2. The minimum atomic E-state index is -0.409. The van der Waals surface area contributed by atoms with Crippen LogP contribution in [0, 0.1) is 0 Å². The second kappa shape index (κ2) is 6.05. The number of rotatable bonds is 3. The van der Waals surface area contributed by atoms with Crippen molar-refractivity contribution >= 4 is 0 Å². The van der Waals surface area contributed by atoms with Crippen LogP contribution < -0.4 is 0 Å². The Balaban J connectivity index is 0.00000128. The molecule has 0 aliphatic heterocycles. The van der Waals surface area contributed by atoms with Gasteiger partial charge in [-0.3, -0.25) is 0 Å². The summed E-state index contributed by atoms with van der Waals surface area (Å²) in [6, 6.07) is 19.8. The SMILES string of the molecule is O.OC(Cc1ccccc1)c1ccccc1. The molecule has 1 unspecified atom stereocenters. The van der Waals surface area contributed by atoms with Crippen LogP contribution in [-0.2, 0) is 6.42 Å². The van der Waals surface area contributed by atoms with E-state index in [1.807, 2.05) is 60.7 Å². The molecule has 0 amide bonds. The fourth-order valence-electron chi connectivity index (χ4n) is 1.63. The normalized spacial score (nSPS) is 11.6. The quantitative estimate of drug-likeness (QED) is 0.839. The van der Waals surface area contributed by atoms with Crippen LogP contribution in [0.25, 0.3) is 0 Å². The Morgan fingerprint density at radius 1 is 0.812 bits per heavy atom. The van der Waals surface area contributed by atoms with Gasteiger partial charge in [0.2, 0.25) is 0 Å². The van der Waals surface area contributed by atoms with Gasteiger partial charge in [0, 0.05) is 6.42 Å². The Bertz CT molecular complexity index is 398. The first-order chi connectivity index (χ1) is 7.36. The van der Waals surface area contributed by atoms with Crippen molar-refractivity contribution in [3.63, 3.8) is 0 Å². The third kappa shape index (κ3) is 3.19. The minimum Gasteiger partial charge on any atom is -0.412 e. The van der Waals surface area contributed by atoms with Crippen molar-refractivity contribution in [1.29, 1.82) is 0 Å². The smallest absolute Gasteiger partial charge is 0.0830 e. The van der Waals surface area contributed by atoms with Gasteiger partial charge in [-0.05, 0) is 11.1 Å². The number of aliphatic hydroxyl groups excluding tert-OH is 1. The van der Waals surface area contributed by atoms with Crippen molar-refractivity contribution in [2.24, 2.45) is 0 Å². The number of hydrogen-bond donors (Lipinski definition) is 1. The zero-order chi connectivity index (χ0) is 10.5. The van der Waals surface area contributed by atoms with E-state index in [9.17, 15) is 5.11 Å². The zero-order valence-electron chi connectivity index (χ0n) is 9.01. The predicted octanol–water partition coefficient (Wildman–Crippen LogP) is 2.14. The molecule has 0 aliphatic carbocycles. The molecule has 0 saturated heterocycles. The largest absolute Gasteiger partial charge is 0.412 e. The summed E-state index contributed by atoms with van der Waals surface area (Å²) in [4.78, 5) is 0. The van der Waals surface area contributed by atoms with Gasteiger partial charge in [-0.1, -0.05) is 60.7 Å². The lowest BCUT2D eigenvalue weighted by Crippen LogP contribution is -2.01. The van der Waals surface area contributed by atoms with E-state index in [1.54, 1.807) is 0 Å². The highest BCUT2D eigenvalue weighted by Gasteiger charge is 2.06. The molecule has 0 heterocycles. The van der Waals surface area contributed by atoms with Crippen molar-refractivity contribution in [2.45, 2.75) is 12.5 Å². The molecular formula is C14H16O2. The summed E-state index contributed by atoms with van der Waals surface area (Å²) in [6.45, 7) is 0. The molecule has 0 fully saturated rings. The van der Waals surface area contributed by atoms with E-state index in [2.05, 4.69) is 0 Å². The van der Waals surface area contributed by atoms with Crippen molar-refractivity contribution in [1.82, 2.24) is 0 Å². The predicted molar refractivity (Wildman–Crippen MR) is 65.2 cm³/mol. The molecule has 0 spiro atoms. The Kier molecular flexibility index (Phi) is 4.70. The lowest BCUT2D eigenvalue weighted by atomic mass is 10.0. The molecule has 0 radical (unpaired) electrons. The topological polar surface area (TPSA) is 51.7 Å². The monoisotopic (exact) mass is 216 g/mol. The summed E-state index contributed by atoms with van der Waals surface area (Å²) in [5.41, 5.74) is 2.13. The van der Waals surface area contributed by atoms with E-state index in [0.29, 0.717) is 6.42 Å². The number of benzene rings is 2. The Morgan fingerprint density at radius 2 is 1.31 bits per heavy atom. The fraction of sp³-hybridized carbons (Fsp3) is 0.143. The highest BCUT2D eigenvalue weighted by Crippen LogP contribution is 2.17. The average molecular weight is 216 g/mol. The first-order valence-corrected chi connectivity index (χ1v) is 5.13. The number of hydrogen-bond acceptors (Lipinski definition) is 1. The van der Waals surface area contributed by atoms with Crippen LogP contribution in [0.1, 0.15) is 17.2 Å². The lowest BCUT2D eigenvalue weighted by molar-refractivity contribution is 0.178. The molecule has 2 heteroatoms. The van der Waals surface area contributed by atoms with Crippen LogP contribution in [0.3, 0.4) is 0 Å². The van der Waals surface area contributed by atoms with Crippen molar-refractivity contribution in [3.05, 3.63) is 71.8 Å².